The van der Waals surface area contributed by atoms with E-state index >= 15 is 0 Å². The molecule has 8 atom stereocenters. The first kappa shape index (κ1) is 22.3. The molecule has 3 fully saturated rings. The van der Waals surface area contributed by atoms with Crippen LogP contribution in [-0.2, 0) is 4.74 Å². The van der Waals surface area contributed by atoms with Crippen LogP contribution in [0.3, 0.4) is 0 Å². The van der Waals surface area contributed by atoms with Crippen molar-refractivity contribution in [1.82, 2.24) is 0 Å². The van der Waals surface area contributed by atoms with Crippen molar-refractivity contribution in [2.45, 2.75) is 85.2 Å². The second-order valence-corrected chi connectivity index (χ2v) is 12.2. The van der Waals surface area contributed by atoms with Crippen LogP contribution in [0.2, 0.25) is 0 Å². The smallest absolute Gasteiger partial charge is 0.0744 e. The Morgan fingerprint density at radius 2 is 1.97 bits per heavy atom. The van der Waals surface area contributed by atoms with Crippen LogP contribution < -0.4 is 0 Å². The monoisotopic (exact) mass is 511 g/mol. The molecule has 0 spiro atoms. The Hall–Kier alpha value is 0.1000. The van der Waals surface area contributed by atoms with Gasteiger partial charge >= 0.3 is 0 Å². The number of allylic oxidation sites excluding steroid dienone is 2. The lowest BCUT2D eigenvalue weighted by molar-refractivity contribution is -0.153. The molecule has 1 N–H and O–H groups in total. The van der Waals surface area contributed by atoms with Crippen LogP contribution in [0.1, 0.15) is 79.6 Å². The van der Waals surface area contributed by atoms with Crippen LogP contribution in [-0.4, -0.2) is 22.3 Å². The SMILES string of the molecule is CCC12CCC(C3CCC(=N)C=C3C(C)C(C)C)CC1C1CC1[C@]2(C)OCCI. The predicted octanol–water partition coefficient (Wildman–Crippen LogP) is 7.31. The zero-order valence-electron chi connectivity index (χ0n) is 19.3. The standard InChI is InChI=1S/C26H42INO/c1-6-26-10-9-18(20-8-7-19(28)14-21(20)17(4)16(2)3)13-24(26)22-15-23(22)25(26,5)29-12-11-27/h14,16-18,20,22-24,28H,6-13,15H2,1-5H3/t17?,18?,20?,22?,23?,24?,25-,26?/m0/s1. The summed E-state index contributed by atoms with van der Waals surface area (Å²) in [5.41, 5.74) is 3.01. The summed E-state index contributed by atoms with van der Waals surface area (Å²) in [4.78, 5) is 0. The van der Waals surface area contributed by atoms with Crippen LogP contribution in [0.5, 0.6) is 0 Å². The minimum Gasteiger partial charge on any atom is -0.374 e. The topological polar surface area (TPSA) is 33.1 Å². The Labute approximate surface area is 192 Å². The fourth-order valence-corrected chi connectivity index (χ4v) is 8.26. The van der Waals surface area contributed by atoms with Crippen LogP contribution >= 0.6 is 22.6 Å². The zero-order chi connectivity index (χ0) is 21.0. The maximum Gasteiger partial charge on any atom is 0.0744 e. The minimum atomic E-state index is 0.117. The van der Waals surface area contributed by atoms with Crippen LogP contribution in [0.15, 0.2) is 11.6 Å². The molecule has 0 radical (unpaired) electrons. The van der Waals surface area contributed by atoms with E-state index in [2.05, 4.69) is 63.3 Å². The highest BCUT2D eigenvalue weighted by Gasteiger charge is 2.73. The van der Waals surface area contributed by atoms with Gasteiger partial charge in [0.2, 0.25) is 0 Å². The Balaban J connectivity index is 1.57. The molecule has 0 amide bonds. The van der Waals surface area contributed by atoms with Gasteiger partial charge in [0, 0.05) is 15.6 Å². The number of halogens is 1. The third-order valence-electron chi connectivity index (χ3n) is 9.98. The summed E-state index contributed by atoms with van der Waals surface area (Å²) < 4.78 is 7.80. The summed E-state index contributed by atoms with van der Waals surface area (Å²) in [6, 6.07) is 0. The molecule has 0 aromatic carbocycles. The van der Waals surface area contributed by atoms with Gasteiger partial charge in [0.05, 0.1) is 12.2 Å². The third kappa shape index (κ3) is 3.49. The summed E-state index contributed by atoms with van der Waals surface area (Å²) in [6.07, 6.45) is 11.3. The van der Waals surface area contributed by atoms with Crippen molar-refractivity contribution in [2.24, 2.45) is 46.8 Å². The summed E-state index contributed by atoms with van der Waals surface area (Å²) in [6.45, 7) is 13.0. The molecule has 164 valence electrons. The number of rotatable bonds is 7. The third-order valence-corrected chi connectivity index (χ3v) is 10.4. The summed E-state index contributed by atoms with van der Waals surface area (Å²) in [5.74, 6) is 5.42. The number of hydrogen-bond donors (Lipinski definition) is 1. The normalized spacial score (nSPS) is 45.0. The Kier molecular flexibility index (Phi) is 6.32. The van der Waals surface area contributed by atoms with Crippen LogP contribution in [0, 0.1) is 52.2 Å². The van der Waals surface area contributed by atoms with Crippen molar-refractivity contribution < 1.29 is 4.74 Å². The second-order valence-electron chi connectivity index (χ2n) is 11.1. The Bertz CT molecular complexity index is 672. The van der Waals surface area contributed by atoms with E-state index in [1.54, 1.807) is 5.57 Å². The molecular weight excluding hydrogens is 469 g/mol. The Morgan fingerprint density at radius 3 is 2.62 bits per heavy atom. The summed E-state index contributed by atoms with van der Waals surface area (Å²) in [5, 5.41) is 8.30. The van der Waals surface area contributed by atoms with Crippen LogP contribution in [0.4, 0.5) is 0 Å². The highest BCUT2D eigenvalue weighted by atomic mass is 127. The van der Waals surface area contributed by atoms with Gasteiger partial charge in [0.25, 0.3) is 0 Å². The van der Waals surface area contributed by atoms with E-state index in [9.17, 15) is 0 Å². The lowest BCUT2D eigenvalue weighted by Gasteiger charge is -2.54. The molecule has 3 heteroatoms. The molecule has 0 aromatic heterocycles. The predicted molar refractivity (Wildman–Crippen MR) is 131 cm³/mol. The Morgan fingerprint density at radius 1 is 1.21 bits per heavy atom. The highest BCUT2D eigenvalue weighted by Crippen LogP contribution is 2.75. The quantitative estimate of drug-likeness (QED) is 0.282. The van der Waals surface area contributed by atoms with Crippen molar-refractivity contribution in [1.29, 1.82) is 5.41 Å². The van der Waals surface area contributed by atoms with Gasteiger partial charge < -0.3 is 10.1 Å². The molecule has 4 aliphatic carbocycles. The van der Waals surface area contributed by atoms with Crippen molar-refractivity contribution in [2.75, 3.05) is 11.0 Å². The van der Waals surface area contributed by atoms with E-state index in [0.29, 0.717) is 17.3 Å². The molecule has 0 aromatic rings. The molecule has 4 rings (SSSR count). The van der Waals surface area contributed by atoms with Crippen LogP contribution in [0.25, 0.3) is 0 Å². The zero-order valence-corrected chi connectivity index (χ0v) is 21.4. The molecule has 2 nitrogen and oxygen atoms in total. The van der Waals surface area contributed by atoms with Gasteiger partial charge in [-0.2, -0.15) is 0 Å². The first-order valence-electron chi connectivity index (χ1n) is 12.3. The lowest BCUT2D eigenvalue weighted by Crippen LogP contribution is -2.53. The minimum absolute atomic E-state index is 0.117. The van der Waals surface area contributed by atoms with E-state index < -0.39 is 0 Å². The van der Waals surface area contributed by atoms with Crippen molar-refractivity contribution in [3.63, 3.8) is 0 Å². The second kappa shape index (κ2) is 8.22. The number of hydrogen-bond acceptors (Lipinski definition) is 2. The molecule has 0 aliphatic heterocycles. The van der Waals surface area contributed by atoms with Gasteiger partial charge in [0.15, 0.2) is 0 Å². The molecule has 0 heterocycles. The van der Waals surface area contributed by atoms with E-state index in [4.69, 9.17) is 10.1 Å². The van der Waals surface area contributed by atoms with Crippen molar-refractivity contribution >= 4 is 28.3 Å². The van der Waals surface area contributed by atoms with E-state index in [-0.39, 0.29) is 5.60 Å². The number of alkyl halides is 1. The molecular formula is C26H42INO. The first-order valence-corrected chi connectivity index (χ1v) is 13.8. The van der Waals surface area contributed by atoms with Gasteiger partial charge in [-0.3, -0.25) is 0 Å². The number of fused-ring (bicyclic) bond motifs is 3. The molecule has 7 unspecified atom stereocenters. The van der Waals surface area contributed by atoms with Gasteiger partial charge in [0.1, 0.15) is 0 Å². The van der Waals surface area contributed by atoms with Gasteiger partial charge in [-0.05, 0) is 99.4 Å². The first-order chi connectivity index (χ1) is 13.8. The largest absolute Gasteiger partial charge is 0.374 e. The molecule has 4 aliphatic rings. The van der Waals surface area contributed by atoms with Gasteiger partial charge in [-0.15, -0.1) is 0 Å². The number of ether oxygens (including phenoxy) is 1. The van der Waals surface area contributed by atoms with Gasteiger partial charge in [-0.1, -0.05) is 55.9 Å². The maximum absolute atomic E-state index is 8.30. The highest BCUT2D eigenvalue weighted by molar-refractivity contribution is 14.1. The van der Waals surface area contributed by atoms with E-state index in [1.807, 2.05) is 0 Å². The van der Waals surface area contributed by atoms with E-state index in [1.165, 1.54) is 38.5 Å². The molecule has 3 saturated carbocycles. The summed E-state index contributed by atoms with van der Waals surface area (Å²) >= 11 is 2.46. The molecule has 29 heavy (non-hydrogen) atoms. The fourth-order valence-electron chi connectivity index (χ4n) is 8.04. The molecule has 0 bridgehead atoms. The number of nitrogens with one attached hydrogen (secondary N) is 1. The van der Waals surface area contributed by atoms with Crippen molar-refractivity contribution in [3.8, 4) is 0 Å². The van der Waals surface area contributed by atoms with Gasteiger partial charge in [-0.25, -0.2) is 0 Å². The molecule has 0 saturated heterocycles. The lowest BCUT2D eigenvalue weighted by atomic mass is 9.54. The summed E-state index contributed by atoms with van der Waals surface area (Å²) in [7, 11) is 0. The maximum atomic E-state index is 8.30. The average molecular weight is 512 g/mol. The fraction of sp³-hybridized carbons (Fsp3) is 0.885. The van der Waals surface area contributed by atoms with E-state index in [0.717, 1.165) is 52.8 Å². The average Bonchev–Trinajstić information content (AvgIpc) is 3.48. The van der Waals surface area contributed by atoms with Crippen molar-refractivity contribution in [3.05, 3.63) is 11.6 Å².